The molecule has 4 heteroatoms. The topological polar surface area (TPSA) is 27.1 Å². The molecule has 0 fully saturated rings. The first-order valence-corrected chi connectivity index (χ1v) is 6.37. The van der Waals surface area contributed by atoms with Gasteiger partial charge in [0.2, 0.25) is 0 Å². The first kappa shape index (κ1) is 12.2. The van der Waals surface area contributed by atoms with Gasteiger partial charge in [0.15, 0.2) is 0 Å². The van der Waals surface area contributed by atoms with Crippen LogP contribution in [0.25, 0.3) is 22.3 Å². The van der Waals surface area contributed by atoms with Gasteiger partial charge in [0.1, 0.15) is 12.4 Å². The van der Waals surface area contributed by atoms with E-state index in [0.29, 0.717) is 11.8 Å². The minimum absolute atomic E-state index is 0.446. The lowest BCUT2D eigenvalue weighted by molar-refractivity contribution is 0.135. The first-order chi connectivity index (χ1) is 9.31. The van der Waals surface area contributed by atoms with Gasteiger partial charge in [0, 0.05) is 18.7 Å². The smallest absolute Gasteiger partial charge is 0.143 e. The van der Waals surface area contributed by atoms with E-state index in [-0.39, 0.29) is 0 Å². The summed E-state index contributed by atoms with van der Waals surface area (Å²) in [6.07, 6.45) is 1.71. The molecule has 3 rings (SSSR count). The van der Waals surface area contributed by atoms with Crippen molar-refractivity contribution in [3.05, 3.63) is 53.7 Å². The third kappa shape index (κ3) is 2.11. The molecule has 0 saturated carbocycles. The Morgan fingerprint density at radius 3 is 2.74 bits per heavy atom. The quantitative estimate of drug-likeness (QED) is 0.722. The fourth-order valence-electron chi connectivity index (χ4n) is 2.22. The molecule has 0 aliphatic rings. The molecule has 0 spiro atoms. The van der Waals surface area contributed by atoms with Crippen molar-refractivity contribution in [1.82, 2.24) is 9.55 Å². The van der Waals surface area contributed by atoms with E-state index in [9.17, 15) is 0 Å². The number of fused-ring (bicyclic) bond motifs is 1. The molecule has 0 unspecified atom stereocenters. The molecule has 2 heterocycles. The van der Waals surface area contributed by atoms with E-state index in [1.54, 1.807) is 19.4 Å². The summed E-state index contributed by atoms with van der Waals surface area (Å²) in [7, 11) is 1.67. The van der Waals surface area contributed by atoms with Gasteiger partial charge in [-0.15, -0.1) is 0 Å². The standard InChI is InChI=1S/C15H13ClN2O/c1-19-10-18-14(11-5-3-2-4-6-11)9-12-13(16)7-8-17-15(12)18/h2-9H,10H2,1H3. The summed E-state index contributed by atoms with van der Waals surface area (Å²) in [6.45, 7) is 0.446. The molecule has 0 amide bonds. The Morgan fingerprint density at radius 1 is 1.21 bits per heavy atom. The molecular weight excluding hydrogens is 260 g/mol. The maximum Gasteiger partial charge on any atom is 0.143 e. The molecule has 0 saturated heterocycles. The summed E-state index contributed by atoms with van der Waals surface area (Å²) >= 11 is 6.24. The van der Waals surface area contributed by atoms with E-state index in [2.05, 4.69) is 23.2 Å². The molecule has 19 heavy (non-hydrogen) atoms. The number of nitrogens with zero attached hydrogens (tertiary/aromatic N) is 2. The summed E-state index contributed by atoms with van der Waals surface area (Å²) in [4.78, 5) is 4.41. The SMILES string of the molecule is COCn1c(-c2ccccc2)cc2c(Cl)ccnc21. The largest absolute Gasteiger partial charge is 0.364 e. The van der Waals surface area contributed by atoms with Crippen LogP contribution < -0.4 is 0 Å². The van der Waals surface area contributed by atoms with Gasteiger partial charge in [-0.05, 0) is 17.7 Å². The second-order valence-corrected chi connectivity index (χ2v) is 4.68. The van der Waals surface area contributed by atoms with E-state index in [1.807, 2.05) is 22.8 Å². The molecule has 2 aromatic heterocycles. The fraction of sp³-hybridized carbons (Fsp3) is 0.133. The Hall–Kier alpha value is -1.84. The van der Waals surface area contributed by atoms with E-state index < -0.39 is 0 Å². The summed E-state index contributed by atoms with van der Waals surface area (Å²) in [5.41, 5.74) is 3.01. The van der Waals surface area contributed by atoms with Gasteiger partial charge in [0.25, 0.3) is 0 Å². The zero-order valence-electron chi connectivity index (χ0n) is 10.5. The van der Waals surface area contributed by atoms with Crippen LogP contribution in [0.4, 0.5) is 0 Å². The fourth-order valence-corrected chi connectivity index (χ4v) is 2.42. The average Bonchev–Trinajstić information content (AvgIpc) is 2.81. The molecule has 0 radical (unpaired) electrons. The van der Waals surface area contributed by atoms with Gasteiger partial charge >= 0.3 is 0 Å². The second-order valence-electron chi connectivity index (χ2n) is 4.27. The second kappa shape index (κ2) is 5.03. The van der Waals surface area contributed by atoms with Crippen molar-refractivity contribution in [2.45, 2.75) is 6.73 Å². The van der Waals surface area contributed by atoms with Crippen LogP contribution in [0.2, 0.25) is 5.02 Å². The minimum atomic E-state index is 0.446. The third-order valence-electron chi connectivity index (χ3n) is 3.07. The van der Waals surface area contributed by atoms with E-state index >= 15 is 0 Å². The molecule has 0 atom stereocenters. The maximum atomic E-state index is 6.24. The van der Waals surface area contributed by atoms with Crippen molar-refractivity contribution in [3.63, 3.8) is 0 Å². The Morgan fingerprint density at radius 2 is 2.00 bits per heavy atom. The van der Waals surface area contributed by atoms with Gasteiger partial charge in [0.05, 0.1) is 10.7 Å². The molecule has 1 aromatic carbocycles. The molecule has 3 nitrogen and oxygen atoms in total. The number of hydrogen-bond acceptors (Lipinski definition) is 2. The van der Waals surface area contributed by atoms with E-state index in [0.717, 1.165) is 22.3 Å². The van der Waals surface area contributed by atoms with E-state index in [1.165, 1.54) is 0 Å². The average molecular weight is 273 g/mol. The Kier molecular flexibility index (Phi) is 3.23. The number of ether oxygens (including phenoxy) is 1. The van der Waals surface area contributed by atoms with Crippen molar-refractivity contribution in [1.29, 1.82) is 0 Å². The summed E-state index contributed by atoms with van der Waals surface area (Å²) < 4.78 is 7.30. The number of pyridine rings is 1. The summed E-state index contributed by atoms with van der Waals surface area (Å²) in [6, 6.07) is 14.0. The number of halogens is 1. The zero-order valence-corrected chi connectivity index (χ0v) is 11.3. The highest BCUT2D eigenvalue weighted by Crippen LogP contribution is 2.30. The Bertz CT molecular complexity index is 707. The van der Waals surface area contributed by atoms with E-state index in [4.69, 9.17) is 16.3 Å². The van der Waals surface area contributed by atoms with Gasteiger partial charge in [-0.3, -0.25) is 0 Å². The van der Waals surface area contributed by atoms with Crippen molar-refractivity contribution in [2.75, 3.05) is 7.11 Å². The highest BCUT2D eigenvalue weighted by molar-refractivity contribution is 6.35. The maximum absolute atomic E-state index is 6.24. The van der Waals surface area contributed by atoms with Crippen LogP contribution in [0.5, 0.6) is 0 Å². The Balaban J connectivity index is 2.29. The summed E-state index contributed by atoms with van der Waals surface area (Å²) in [5, 5.41) is 1.65. The van der Waals surface area contributed by atoms with Crippen LogP contribution in [-0.2, 0) is 11.5 Å². The van der Waals surface area contributed by atoms with Gasteiger partial charge in [-0.1, -0.05) is 41.9 Å². The van der Waals surface area contributed by atoms with Gasteiger partial charge < -0.3 is 9.30 Å². The molecule has 0 aliphatic carbocycles. The highest BCUT2D eigenvalue weighted by atomic mass is 35.5. The number of methoxy groups -OCH3 is 1. The summed E-state index contributed by atoms with van der Waals surface area (Å²) in [5.74, 6) is 0. The molecule has 0 bridgehead atoms. The highest BCUT2D eigenvalue weighted by Gasteiger charge is 2.13. The number of aromatic nitrogens is 2. The third-order valence-corrected chi connectivity index (χ3v) is 3.40. The lowest BCUT2D eigenvalue weighted by Crippen LogP contribution is -2.02. The van der Waals surface area contributed by atoms with Crippen LogP contribution in [0.15, 0.2) is 48.7 Å². The zero-order chi connectivity index (χ0) is 13.2. The molecule has 0 N–H and O–H groups in total. The predicted octanol–water partition coefficient (Wildman–Crippen LogP) is 3.96. The van der Waals surface area contributed by atoms with Crippen LogP contribution in [0.1, 0.15) is 0 Å². The lowest BCUT2D eigenvalue weighted by Gasteiger charge is -2.08. The number of rotatable bonds is 3. The molecule has 3 aromatic rings. The number of hydrogen-bond donors (Lipinski definition) is 0. The van der Waals surface area contributed by atoms with Crippen LogP contribution >= 0.6 is 11.6 Å². The van der Waals surface area contributed by atoms with Crippen LogP contribution in [0, 0.1) is 0 Å². The monoisotopic (exact) mass is 272 g/mol. The van der Waals surface area contributed by atoms with Gasteiger partial charge in [-0.25, -0.2) is 4.98 Å². The number of benzene rings is 1. The molecular formula is C15H13ClN2O. The predicted molar refractivity (Wildman–Crippen MR) is 77.2 cm³/mol. The van der Waals surface area contributed by atoms with Crippen LogP contribution in [0.3, 0.4) is 0 Å². The normalized spacial score (nSPS) is 11.1. The van der Waals surface area contributed by atoms with Crippen molar-refractivity contribution in [2.24, 2.45) is 0 Å². The van der Waals surface area contributed by atoms with Crippen molar-refractivity contribution in [3.8, 4) is 11.3 Å². The molecule has 96 valence electrons. The van der Waals surface area contributed by atoms with Gasteiger partial charge in [-0.2, -0.15) is 0 Å². The lowest BCUT2D eigenvalue weighted by atomic mass is 10.1. The van der Waals surface area contributed by atoms with Crippen molar-refractivity contribution < 1.29 is 4.74 Å². The van der Waals surface area contributed by atoms with Crippen molar-refractivity contribution >= 4 is 22.6 Å². The Labute approximate surface area is 116 Å². The molecule has 0 aliphatic heterocycles. The van der Waals surface area contributed by atoms with Crippen LogP contribution in [-0.4, -0.2) is 16.7 Å². The minimum Gasteiger partial charge on any atom is -0.364 e. The first-order valence-electron chi connectivity index (χ1n) is 5.99.